The van der Waals surface area contributed by atoms with Crippen molar-refractivity contribution in [3.63, 3.8) is 0 Å². The van der Waals surface area contributed by atoms with Crippen LogP contribution < -0.4 is 0 Å². The summed E-state index contributed by atoms with van der Waals surface area (Å²) >= 11 is 0. The lowest BCUT2D eigenvalue weighted by molar-refractivity contribution is 0.967. The zero-order valence-electron chi connectivity index (χ0n) is 26.8. The standard InChI is InChI=1S/C40H52/c1-31(2)17-13-20-34(5)23-15-25-35(6)24-14-21-32(3)18-11-12-19-33(4)22-16-26-36(7)27-30-40-38(9)29-28-37(8)39(40)10/h11-12,14-19,21-30H,13,20H2,1-10H3. The molecular formula is C40H52. The molecule has 1 aromatic rings. The zero-order chi connectivity index (χ0) is 29.9. The van der Waals surface area contributed by atoms with Crippen molar-refractivity contribution in [2.45, 2.75) is 82.1 Å². The number of aryl methyl sites for hydroxylation is 2. The second kappa shape index (κ2) is 19.4. The van der Waals surface area contributed by atoms with Crippen LogP contribution in [0.2, 0.25) is 0 Å². The van der Waals surface area contributed by atoms with Gasteiger partial charge in [-0.2, -0.15) is 0 Å². The van der Waals surface area contributed by atoms with Crippen molar-refractivity contribution in [1.29, 1.82) is 0 Å². The van der Waals surface area contributed by atoms with Crippen LogP contribution in [0.3, 0.4) is 0 Å². The van der Waals surface area contributed by atoms with Crippen LogP contribution in [0.4, 0.5) is 0 Å². The molecule has 0 aliphatic heterocycles. The maximum Gasteiger partial charge on any atom is -0.0195 e. The van der Waals surface area contributed by atoms with Crippen LogP contribution in [0.15, 0.2) is 137 Å². The molecule has 0 N–H and O–H groups in total. The van der Waals surface area contributed by atoms with Crippen molar-refractivity contribution in [2.24, 2.45) is 0 Å². The van der Waals surface area contributed by atoms with Crippen LogP contribution in [0.25, 0.3) is 6.08 Å². The minimum absolute atomic E-state index is 1.11. The fourth-order valence-corrected chi connectivity index (χ4v) is 3.82. The summed E-state index contributed by atoms with van der Waals surface area (Å²) in [5.41, 5.74) is 13.0. The van der Waals surface area contributed by atoms with Gasteiger partial charge in [0.05, 0.1) is 0 Å². The Hall–Kier alpha value is -3.64. The highest BCUT2D eigenvalue weighted by molar-refractivity contribution is 5.61. The summed E-state index contributed by atoms with van der Waals surface area (Å²) in [6.07, 6.45) is 36.7. The van der Waals surface area contributed by atoms with Crippen molar-refractivity contribution in [3.8, 4) is 0 Å². The number of allylic oxidation sites excluding steroid dienone is 21. The van der Waals surface area contributed by atoms with Gasteiger partial charge in [0, 0.05) is 0 Å². The summed E-state index contributed by atoms with van der Waals surface area (Å²) in [6.45, 7) is 21.6. The molecule has 0 aliphatic carbocycles. The van der Waals surface area contributed by atoms with Gasteiger partial charge < -0.3 is 0 Å². The molecular weight excluding hydrogens is 480 g/mol. The largest absolute Gasteiger partial charge is 0.0856 e. The highest BCUT2D eigenvalue weighted by atomic mass is 14.1. The highest BCUT2D eigenvalue weighted by Gasteiger charge is 2.01. The Kier molecular flexibility index (Phi) is 16.7. The fourth-order valence-electron chi connectivity index (χ4n) is 3.82. The van der Waals surface area contributed by atoms with Gasteiger partial charge in [-0.3, -0.25) is 0 Å². The molecule has 0 saturated carbocycles. The number of benzene rings is 1. The van der Waals surface area contributed by atoms with Crippen LogP contribution in [0, 0.1) is 20.8 Å². The third kappa shape index (κ3) is 15.7. The molecule has 0 aliphatic rings. The van der Waals surface area contributed by atoms with Gasteiger partial charge >= 0.3 is 0 Å². The first-order chi connectivity index (χ1) is 19.0. The third-order valence-corrected chi connectivity index (χ3v) is 6.61. The van der Waals surface area contributed by atoms with E-state index in [9.17, 15) is 0 Å². The molecule has 0 unspecified atom stereocenters. The predicted molar refractivity (Wildman–Crippen MR) is 184 cm³/mol. The van der Waals surface area contributed by atoms with Gasteiger partial charge in [0.15, 0.2) is 0 Å². The van der Waals surface area contributed by atoms with E-state index in [2.05, 4.69) is 179 Å². The summed E-state index contributed by atoms with van der Waals surface area (Å²) in [5.74, 6) is 0. The Morgan fingerprint density at radius 2 is 1.00 bits per heavy atom. The van der Waals surface area contributed by atoms with Crippen LogP contribution >= 0.6 is 0 Å². The molecule has 0 spiro atoms. The second-order valence-corrected chi connectivity index (χ2v) is 11.0. The molecule has 0 heteroatoms. The Morgan fingerprint density at radius 1 is 0.550 bits per heavy atom. The van der Waals surface area contributed by atoms with Crippen LogP contribution in [0.5, 0.6) is 0 Å². The van der Waals surface area contributed by atoms with E-state index in [0.717, 1.165) is 12.8 Å². The highest BCUT2D eigenvalue weighted by Crippen LogP contribution is 2.19. The summed E-state index contributed by atoms with van der Waals surface area (Å²) < 4.78 is 0. The quantitative estimate of drug-likeness (QED) is 0.175. The SMILES string of the molecule is CC(C)=CCCC(C)=CC=CC(C)=CC=CC(C)=CC=CC=C(C)C=CC=C(C)C=Cc1c(C)ccc(C)c1C. The van der Waals surface area contributed by atoms with Crippen molar-refractivity contribution in [3.05, 3.63) is 159 Å². The van der Waals surface area contributed by atoms with Gasteiger partial charge in [0.25, 0.3) is 0 Å². The van der Waals surface area contributed by atoms with Gasteiger partial charge in [-0.15, -0.1) is 0 Å². The first-order valence-electron chi connectivity index (χ1n) is 14.4. The van der Waals surface area contributed by atoms with Crippen molar-refractivity contribution < 1.29 is 0 Å². The Labute approximate surface area is 246 Å². The fraction of sp³-hybridized carbons (Fsp3) is 0.300. The minimum atomic E-state index is 1.11. The normalized spacial score (nSPS) is 14.7. The molecule has 0 amide bonds. The van der Waals surface area contributed by atoms with Gasteiger partial charge in [-0.05, 0) is 104 Å². The first kappa shape index (κ1) is 34.4. The third-order valence-electron chi connectivity index (χ3n) is 6.61. The van der Waals surface area contributed by atoms with E-state index in [-0.39, 0.29) is 0 Å². The molecule has 1 rings (SSSR count). The second-order valence-electron chi connectivity index (χ2n) is 11.0. The molecule has 0 bridgehead atoms. The predicted octanol–water partition coefficient (Wildman–Crippen LogP) is 12.3. The lowest BCUT2D eigenvalue weighted by Crippen LogP contribution is -1.89. The van der Waals surface area contributed by atoms with E-state index in [1.165, 1.54) is 55.7 Å². The van der Waals surface area contributed by atoms with Crippen LogP contribution in [0.1, 0.15) is 83.6 Å². The number of hydrogen-bond donors (Lipinski definition) is 0. The maximum atomic E-state index is 2.30. The van der Waals surface area contributed by atoms with E-state index in [4.69, 9.17) is 0 Å². The van der Waals surface area contributed by atoms with E-state index in [1.807, 2.05) is 0 Å². The summed E-state index contributed by atoms with van der Waals surface area (Å²) in [5, 5.41) is 0. The van der Waals surface area contributed by atoms with Crippen molar-refractivity contribution >= 4 is 6.08 Å². The zero-order valence-corrected chi connectivity index (χ0v) is 26.8. The lowest BCUT2D eigenvalue weighted by Gasteiger charge is -2.08. The van der Waals surface area contributed by atoms with Gasteiger partial charge in [0.1, 0.15) is 0 Å². The molecule has 0 aromatic heterocycles. The molecule has 0 heterocycles. The van der Waals surface area contributed by atoms with Crippen LogP contribution in [-0.2, 0) is 0 Å². The molecule has 1 aromatic carbocycles. The number of rotatable bonds is 13. The molecule has 0 atom stereocenters. The topological polar surface area (TPSA) is 0 Å². The van der Waals surface area contributed by atoms with Crippen molar-refractivity contribution in [2.75, 3.05) is 0 Å². The Bertz CT molecular complexity index is 1290. The lowest BCUT2D eigenvalue weighted by atomic mass is 9.97. The molecule has 0 saturated heterocycles. The minimum Gasteiger partial charge on any atom is -0.0856 e. The van der Waals surface area contributed by atoms with Crippen molar-refractivity contribution in [1.82, 2.24) is 0 Å². The molecule has 0 fully saturated rings. The summed E-state index contributed by atoms with van der Waals surface area (Å²) in [7, 11) is 0. The molecule has 0 nitrogen and oxygen atoms in total. The van der Waals surface area contributed by atoms with E-state index < -0.39 is 0 Å². The molecule has 40 heavy (non-hydrogen) atoms. The maximum absolute atomic E-state index is 2.30. The average Bonchev–Trinajstić information content (AvgIpc) is 2.88. The van der Waals surface area contributed by atoms with Crippen LogP contribution in [-0.4, -0.2) is 0 Å². The number of hydrogen-bond acceptors (Lipinski definition) is 0. The van der Waals surface area contributed by atoms with E-state index in [0.29, 0.717) is 0 Å². The van der Waals surface area contributed by atoms with Gasteiger partial charge in [-0.1, -0.05) is 143 Å². The summed E-state index contributed by atoms with van der Waals surface area (Å²) in [6, 6.07) is 4.39. The monoisotopic (exact) mass is 532 g/mol. The van der Waals surface area contributed by atoms with E-state index >= 15 is 0 Å². The van der Waals surface area contributed by atoms with Gasteiger partial charge in [-0.25, -0.2) is 0 Å². The first-order valence-corrected chi connectivity index (χ1v) is 14.4. The Morgan fingerprint density at radius 3 is 1.52 bits per heavy atom. The Balaban J connectivity index is 2.60. The smallest absolute Gasteiger partial charge is 0.0195 e. The van der Waals surface area contributed by atoms with E-state index in [1.54, 1.807) is 0 Å². The molecule has 212 valence electrons. The van der Waals surface area contributed by atoms with Gasteiger partial charge in [0.2, 0.25) is 0 Å². The summed E-state index contributed by atoms with van der Waals surface area (Å²) in [4.78, 5) is 0. The molecule has 0 radical (unpaired) electrons. The average molecular weight is 533 g/mol.